The standard InChI is InChI=1S/C7H9NO9S/c9-4-16-1-2-17-7(11)5(18(13,14)15)3-6(10)8-12/h4-5H,1-3H2,(H,13,14,15). The highest BCUT2D eigenvalue weighted by molar-refractivity contribution is 7.87. The van der Waals surface area contributed by atoms with E-state index in [1.165, 1.54) is 0 Å². The van der Waals surface area contributed by atoms with Crippen LogP contribution in [-0.2, 0) is 34.0 Å². The molecule has 0 heterocycles. The Labute approximate surface area is 101 Å². The van der Waals surface area contributed by atoms with E-state index in [1.54, 1.807) is 0 Å². The van der Waals surface area contributed by atoms with E-state index in [-0.39, 0.29) is 13.1 Å². The van der Waals surface area contributed by atoms with Crippen molar-refractivity contribution in [2.24, 2.45) is 5.18 Å². The minimum atomic E-state index is -4.92. The molecule has 0 saturated carbocycles. The molecular weight excluding hydrogens is 274 g/mol. The maximum atomic E-state index is 11.2. The monoisotopic (exact) mass is 283 g/mol. The first-order chi connectivity index (χ1) is 8.32. The SMILES string of the molecule is O=COCCOC(=O)C(CC(=O)N=O)S(=O)(=O)O. The van der Waals surface area contributed by atoms with E-state index in [4.69, 9.17) is 4.55 Å². The molecule has 0 aromatic rings. The second-order valence-electron chi connectivity index (χ2n) is 2.83. The molecular formula is C7H9NO9S. The molecule has 0 bridgehead atoms. The zero-order chi connectivity index (χ0) is 14.2. The Morgan fingerprint density at radius 1 is 1.33 bits per heavy atom. The van der Waals surface area contributed by atoms with Crippen LogP contribution in [0.4, 0.5) is 0 Å². The highest BCUT2D eigenvalue weighted by Gasteiger charge is 2.35. The summed E-state index contributed by atoms with van der Waals surface area (Å²) in [6.07, 6.45) is -1.13. The van der Waals surface area contributed by atoms with Crippen molar-refractivity contribution < 1.29 is 36.8 Å². The molecule has 0 fully saturated rings. The maximum Gasteiger partial charge on any atom is 0.327 e. The fourth-order valence-electron chi connectivity index (χ4n) is 0.838. The van der Waals surface area contributed by atoms with Crippen molar-refractivity contribution in [1.29, 1.82) is 0 Å². The Morgan fingerprint density at radius 2 is 1.94 bits per heavy atom. The fourth-order valence-corrected chi connectivity index (χ4v) is 1.50. The highest BCUT2D eigenvalue weighted by atomic mass is 32.2. The van der Waals surface area contributed by atoms with Gasteiger partial charge in [-0.05, 0) is 0 Å². The van der Waals surface area contributed by atoms with Gasteiger partial charge in [0.05, 0.1) is 6.42 Å². The Morgan fingerprint density at radius 3 is 2.39 bits per heavy atom. The summed E-state index contributed by atoms with van der Waals surface area (Å²) in [6, 6.07) is 0. The van der Waals surface area contributed by atoms with Gasteiger partial charge in [-0.3, -0.25) is 18.9 Å². The van der Waals surface area contributed by atoms with E-state index in [1.807, 2.05) is 5.18 Å². The average molecular weight is 283 g/mol. The molecule has 0 rings (SSSR count). The lowest BCUT2D eigenvalue weighted by atomic mass is 10.3. The van der Waals surface area contributed by atoms with Gasteiger partial charge in [-0.2, -0.15) is 8.42 Å². The van der Waals surface area contributed by atoms with E-state index in [2.05, 4.69) is 9.47 Å². The zero-order valence-corrected chi connectivity index (χ0v) is 9.66. The Hall–Kier alpha value is -1.88. The fraction of sp³-hybridized carbons (Fsp3) is 0.571. The second kappa shape index (κ2) is 7.45. The van der Waals surface area contributed by atoms with Crippen LogP contribution in [-0.4, -0.2) is 49.8 Å². The van der Waals surface area contributed by atoms with Gasteiger partial charge < -0.3 is 9.47 Å². The number of esters is 1. The normalized spacial score (nSPS) is 12.3. The predicted octanol–water partition coefficient (Wildman–Crippen LogP) is -1.36. The summed E-state index contributed by atoms with van der Waals surface area (Å²) in [5, 5.41) is -0.346. The average Bonchev–Trinajstić information content (AvgIpc) is 2.29. The smallest absolute Gasteiger partial charge is 0.327 e. The van der Waals surface area contributed by atoms with E-state index >= 15 is 0 Å². The summed E-state index contributed by atoms with van der Waals surface area (Å²) in [4.78, 5) is 41.4. The Bertz CT molecular complexity index is 428. The van der Waals surface area contributed by atoms with Gasteiger partial charge in [0.15, 0.2) is 5.25 Å². The van der Waals surface area contributed by atoms with Gasteiger partial charge in [0.25, 0.3) is 22.5 Å². The van der Waals surface area contributed by atoms with Crippen LogP contribution < -0.4 is 0 Å². The third kappa shape index (κ3) is 6.00. The first-order valence-corrected chi connectivity index (χ1v) is 5.87. The molecule has 1 unspecified atom stereocenters. The van der Waals surface area contributed by atoms with Gasteiger partial charge >= 0.3 is 5.97 Å². The van der Waals surface area contributed by atoms with Crippen molar-refractivity contribution in [3.05, 3.63) is 4.91 Å². The molecule has 0 spiro atoms. The van der Waals surface area contributed by atoms with Gasteiger partial charge in [0.1, 0.15) is 13.2 Å². The number of ether oxygens (including phenoxy) is 2. The van der Waals surface area contributed by atoms with E-state index in [0.29, 0.717) is 0 Å². The van der Waals surface area contributed by atoms with Crippen molar-refractivity contribution >= 4 is 28.5 Å². The molecule has 11 heteroatoms. The largest absolute Gasteiger partial charge is 0.464 e. The Balaban J connectivity index is 4.57. The number of hydrogen-bond acceptors (Lipinski definition) is 8. The molecule has 1 atom stereocenters. The molecule has 18 heavy (non-hydrogen) atoms. The van der Waals surface area contributed by atoms with Crippen LogP contribution in [0.3, 0.4) is 0 Å². The number of nitrogens with zero attached hydrogens (tertiary/aromatic N) is 1. The van der Waals surface area contributed by atoms with Gasteiger partial charge in [-0.25, -0.2) is 0 Å². The molecule has 1 amide bonds. The summed E-state index contributed by atoms with van der Waals surface area (Å²) in [7, 11) is -4.92. The number of amides is 1. The second-order valence-corrected chi connectivity index (χ2v) is 4.43. The molecule has 0 aromatic heterocycles. The molecule has 0 radical (unpaired) electrons. The first-order valence-electron chi connectivity index (χ1n) is 4.37. The topological polar surface area (TPSA) is 153 Å². The van der Waals surface area contributed by atoms with Crippen LogP contribution in [0.5, 0.6) is 0 Å². The maximum absolute atomic E-state index is 11.2. The van der Waals surface area contributed by atoms with Crippen molar-refractivity contribution in [3.8, 4) is 0 Å². The number of nitroso groups, excluding NO2 is 1. The quantitative estimate of drug-likeness (QED) is 0.187. The zero-order valence-electron chi connectivity index (χ0n) is 8.84. The van der Waals surface area contributed by atoms with Crippen LogP contribution in [0.1, 0.15) is 6.42 Å². The lowest BCUT2D eigenvalue weighted by Crippen LogP contribution is -2.34. The van der Waals surface area contributed by atoms with Gasteiger partial charge in [-0.1, -0.05) is 0 Å². The van der Waals surface area contributed by atoms with E-state index in [0.717, 1.165) is 0 Å². The Kier molecular flexibility index (Phi) is 6.67. The molecule has 10 nitrogen and oxygen atoms in total. The van der Waals surface area contributed by atoms with Crippen molar-refractivity contribution in [1.82, 2.24) is 0 Å². The lowest BCUT2D eigenvalue weighted by molar-refractivity contribution is -0.147. The van der Waals surface area contributed by atoms with Gasteiger partial charge in [0, 0.05) is 5.18 Å². The number of carbonyl (C=O) groups excluding carboxylic acids is 3. The summed E-state index contributed by atoms with van der Waals surface area (Å²) < 4.78 is 38.7. The van der Waals surface area contributed by atoms with Crippen LogP contribution in [0.15, 0.2) is 5.18 Å². The third-order valence-corrected chi connectivity index (χ3v) is 2.68. The molecule has 102 valence electrons. The number of rotatable bonds is 8. The van der Waals surface area contributed by atoms with Gasteiger partial charge in [-0.15, -0.1) is 4.91 Å². The summed E-state index contributed by atoms with van der Waals surface area (Å²) in [5.74, 6) is -2.89. The van der Waals surface area contributed by atoms with E-state index < -0.39 is 40.3 Å². The minimum Gasteiger partial charge on any atom is -0.464 e. The molecule has 0 aromatic carbocycles. The predicted molar refractivity (Wildman–Crippen MR) is 53.7 cm³/mol. The minimum absolute atomic E-state index is 0.0773. The first kappa shape index (κ1) is 16.1. The third-order valence-electron chi connectivity index (χ3n) is 1.60. The highest BCUT2D eigenvalue weighted by Crippen LogP contribution is 2.08. The molecule has 0 aliphatic carbocycles. The van der Waals surface area contributed by atoms with Crippen LogP contribution in [0.25, 0.3) is 0 Å². The number of hydrogen-bond donors (Lipinski definition) is 1. The molecule has 0 saturated heterocycles. The summed E-state index contributed by atoms with van der Waals surface area (Å²) in [6.45, 7) is -0.715. The van der Waals surface area contributed by atoms with Crippen LogP contribution in [0.2, 0.25) is 0 Å². The van der Waals surface area contributed by atoms with Gasteiger partial charge in [0.2, 0.25) is 0 Å². The van der Waals surface area contributed by atoms with Crippen molar-refractivity contribution in [2.75, 3.05) is 13.2 Å². The molecule has 0 aliphatic heterocycles. The molecule has 0 aliphatic rings. The van der Waals surface area contributed by atoms with Crippen molar-refractivity contribution in [2.45, 2.75) is 11.7 Å². The van der Waals surface area contributed by atoms with Crippen LogP contribution in [0, 0.1) is 4.91 Å². The lowest BCUT2D eigenvalue weighted by Gasteiger charge is -2.10. The summed E-state index contributed by atoms with van der Waals surface area (Å²) >= 11 is 0. The van der Waals surface area contributed by atoms with E-state index in [9.17, 15) is 27.7 Å². The summed E-state index contributed by atoms with van der Waals surface area (Å²) in [5.41, 5.74) is 0. The van der Waals surface area contributed by atoms with Crippen LogP contribution >= 0.6 is 0 Å². The number of carbonyl (C=O) groups is 3. The molecule has 1 N–H and O–H groups in total. The van der Waals surface area contributed by atoms with Crippen molar-refractivity contribution in [3.63, 3.8) is 0 Å².